The van der Waals surface area contributed by atoms with Gasteiger partial charge in [0.1, 0.15) is 18.2 Å². The van der Waals surface area contributed by atoms with Crippen molar-refractivity contribution >= 4 is 16.8 Å². The first kappa shape index (κ1) is 36.3. The van der Waals surface area contributed by atoms with Crippen LogP contribution in [0.5, 0.6) is 0 Å². The summed E-state index contributed by atoms with van der Waals surface area (Å²) in [4.78, 5) is 35.1. The Kier molecular flexibility index (Phi) is 11.4. The molecule has 0 atom stereocenters. The number of hydrogen-bond acceptors (Lipinski definition) is 4. The minimum Gasteiger partial charge on any atom is -0.336 e. The number of aryl methyl sites for hydroxylation is 2. The number of carbonyl (C=O) groups excluding carboxylic acids is 1. The fourth-order valence-corrected chi connectivity index (χ4v) is 5.84. The molecule has 0 bridgehead atoms. The molecule has 4 aromatic carbocycles. The Labute approximate surface area is 285 Å². The van der Waals surface area contributed by atoms with Gasteiger partial charge in [-0.15, -0.1) is 0 Å². The van der Waals surface area contributed by atoms with Gasteiger partial charge in [-0.1, -0.05) is 62.4 Å². The van der Waals surface area contributed by atoms with Crippen LogP contribution < -0.4 is 5.56 Å². The van der Waals surface area contributed by atoms with Gasteiger partial charge in [-0.25, -0.2) is 13.2 Å². The van der Waals surface area contributed by atoms with Gasteiger partial charge < -0.3 is 14.4 Å². The summed E-state index contributed by atoms with van der Waals surface area (Å²) in [5.41, 5.74) is 0.923. The van der Waals surface area contributed by atoms with Gasteiger partial charge >= 0.3 is 6.18 Å². The lowest BCUT2D eigenvalue weighted by atomic mass is 10.0. The van der Waals surface area contributed by atoms with Gasteiger partial charge in [-0.3, -0.25) is 9.59 Å². The summed E-state index contributed by atoms with van der Waals surface area (Å²) in [5, 5.41) is 0.105. The van der Waals surface area contributed by atoms with Crippen molar-refractivity contribution in [2.24, 2.45) is 0 Å². The van der Waals surface area contributed by atoms with Crippen LogP contribution in [0.1, 0.15) is 36.4 Å². The van der Waals surface area contributed by atoms with Crippen LogP contribution in [0.25, 0.3) is 22.0 Å². The van der Waals surface area contributed by atoms with E-state index >= 15 is 0 Å². The molecule has 5 rings (SSSR count). The number of hydrogen-bond donors (Lipinski definition) is 0. The molecule has 0 spiro atoms. The van der Waals surface area contributed by atoms with E-state index in [0.29, 0.717) is 24.2 Å². The molecule has 1 amide bonds. The highest BCUT2D eigenvalue weighted by molar-refractivity contribution is 5.82. The molecule has 0 saturated heterocycles. The Bertz CT molecular complexity index is 2010. The lowest BCUT2D eigenvalue weighted by Gasteiger charge is -2.28. The first-order valence-corrected chi connectivity index (χ1v) is 16.3. The SMILES string of the molecule is CCN(CC)CCN(Cc1ccc(-c2ccc(C(F)(F)F)cc2)cc1)C(=O)Cn1c(CCc2cccc(F)c2F)nc(=O)c2ccc(F)cc21. The zero-order valence-electron chi connectivity index (χ0n) is 27.6. The van der Waals surface area contributed by atoms with E-state index in [9.17, 15) is 35.9 Å². The van der Waals surface area contributed by atoms with Crippen molar-refractivity contribution in [1.29, 1.82) is 0 Å². The monoisotopic (exact) mass is 694 g/mol. The number of halogens is 6. The molecule has 12 heteroatoms. The number of carbonyl (C=O) groups is 1. The van der Waals surface area contributed by atoms with Crippen molar-refractivity contribution in [3.05, 3.63) is 135 Å². The lowest BCUT2D eigenvalue weighted by Crippen LogP contribution is -2.40. The predicted octanol–water partition coefficient (Wildman–Crippen LogP) is 7.66. The second-order valence-corrected chi connectivity index (χ2v) is 11.9. The van der Waals surface area contributed by atoms with Gasteiger partial charge in [0.25, 0.3) is 5.56 Å². The number of rotatable bonds is 13. The van der Waals surface area contributed by atoms with Crippen molar-refractivity contribution in [3.63, 3.8) is 0 Å². The van der Waals surface area contributed by atoms with E-state index in [1.165, 1.54) is 34.9 Å². The number of alkyl halides is 3. The summed E-state index contributed by atoms with van der Waals surface area (Å²) >= 11 is 0. The zero-order valence-corrected chi connectivity index (χ0v) is 27.6. The van der Waals surface area contributed by atoms with Crippen LogP contribution in [-0.2, 0) is 36.9 Å². The zero-order chi connectivity index (χ0) is 36.0. The normalized spacial score (nSPS) is 11.8. The molecule has 0 fully saturated rings. The first-order chi connectivity index (χ1) is 23.9. The Morgan fingerprint density at radius 3 is 2.12 bits per heavy atom. The molecule has 5 aromatic rings. The molecule has 262 valence electrons. The van der Waals surface area contributed by atoms with Crippen LogP contribution in [0.2, 0.25) is 0 Å². The number of likely N-dealkylation sites (N-methyl/N-ethyl adjacent to an activating group) is 1. The third-order valence-corrected chi connectivity index (χ3v) is 8.77. The van der Waals surface area contributed by atoms with E-state index in [2.05, 4.69) is 9.88 Å². The van der Waals surface area contributed by atoms with Crippen molar-refractivity contribution in [2.75, 3.05) is 26.2 Å². The second kappa shape index (κ2) is 15.7. The largest absolute Gasteiger partial charge is 0.416 e. The molecule has 0 unspecified atom stereocenters. The molecule has 0 aliphatic carbocycles. The average Bonchev–Trinajstić information content (AvgIpc) is 3.10. The molecular formula is C38H36F6N4O2. The molecular weight excluding hydrogens is 658 g/mol. The predicted molar refractivity (Wildman–Crippen MR) is 180 cm³/mol. The minimum atomic E-state index is -4.44. The minimum absolute atomic E-state index is 0.0258. The average molecular weight is 695 g/mol. The van der Waals surface area contributed by atoms with E-state index in [1.807, 2.05) is 13.8 Å². The molecule has 0 aliphatic rings. The fourth-order valence-electron chi connectivity index (χ4n) is 5.84. The highest BCUT2D eigenvalue weighted by Gasteiger charge is 2.30. The number of nitrogens with zero attached hydrogens (tertiary/aromatic N) is 4. The summed E-state index contributed by atoms with van der Waals surface area (Å²) in [6.07, 6.45) is -4.49. The summed E-state index contributed by atoms with van der Waals surface area (Å²) in [5.74, 6) is -2.89. The van der Waals surface area contributed by atoms with E-state index in [0.717, 1.165) is 49.0 Å². The summed E-state index contributed by atoms with van der Waals surface area (Å²) < 4.78 is 83.5. The van der Waals surface area contributed by atoms with E-state index in [4.69, 9.17) is 0 Å². The van der Waals surface area contributed by atoms with Gasteiger partial charge in [0.05, 0.1) is 16.5 Å². The molecule has 6 nitrogen and oxygen atoms in total. The molecule has 0 N–H and O–H groups in total. The first-order valence-electron chi connectivity index (χ1n) is 16.3. The van der Waals surface area contributed by atoms with E-state index in [1.54, 1.807) is 29.2 Å². The summed E-state index contributed by atoms with van der Waals surface area (Å²) in [7, 11) is 0. The highest BCUT2D eigenvalue weighted by atomic mass is 19.4. The number of fused-ring (bicyclic) bond motifs is 1. The maximum absolute atomic E-state index is 14.5. The van der Waals surface area contributed by atoms with Crippen LogP contribution in [0.4, 0.5) is 26.3 Å². The molecule has 1 heterocycles. The summed E-state index contributed by atoms with van der Waals surface area (Å²) in [6.45, 7) is 6.32. The van der Waals surface area contributed by atoms with Gasteiger partial charge in [-0.05, 0) is 78.2 Å². The third kappa shape index (κ3) is 8.60. The fraction of sp³-hybridized carbons (Fsp3) is 0.289. The van der Waals surface area contributed by atoms with Crippen LogP contribution >= 0.6 is 0 Å². The van der Waals surface area contributed by atoms with Gasteiger partial charge in [0.2, 0.25) is 5.91 Å². The Morgan fingerprint density at radius 1 is 0.820 bits per heavy atom. The third-order valence-electron chi connectivity index (χ3n) is 8.77. The van der Waals surface area contributed by atoms with Crippen LogP contribution in [0.15, 0.2) is 89.7 Å². The van der Waals surface area contributed by atoms with Gasteiger partial charge in [0, 0.05) is 26.1 Å². The van der Waals surface area contributed by atoms with Crippen LogP contribution in [-0.4, -0.2) is 51.4 Å². The molecule has 50 heavy (non-hydrogen) atoms. The highest BCUT2D eigenvalue weighted by Crippen LogP contribution is 2.31. The maximum Gasteiger partial charge on any atom is 0.416 e. The Hall–Kier alpha value is -4.97. The van der Waals surface area contributed by atoms with E-state index < -0.39 is 34.8 Å². The molecule has 0 saturated carbocycles. The quantitative estimate of drug-likeness (QED) is 0.119. The van der Waals surface area contributed by atoms with Gasteiger partial charge in [-0.2, -0.15) is 18.2 Å². The number of aromatic nitrogens is 2. The lowest BCUT2D eigenvalue weighted by molar-refractivity contribution is -0.137. The molecule has 0 radical (unpaired) electrons. The molecule has 1 aromatic heterocycles. The standard InChI is InChI=1S/C38H36F6N4O2/c1-3-46(4-2)20-21-47(23-25-8-10-26(11-9-25)27-12-15-29(16-13-27)38(42,43)44)35(49)24-48-33-22-30(39)17-18-31(33)37(50)45-34(48)19-14-28-6-5-7-32(40)36(28)41/h5-13,15-18,22H,3-4,14,19-21,23-24H2,1-2H3. The van der Waals surface area contributed by atoms with Crippen LogP contribution in [0, 0.1) is 17.5 Å². The topological polar surface area (TPSA) is 58.4 Å². The Balaban J connectivity index is 1.44. The van der Waals surface area contributed by atoms with Gasteiger partial charge in [0.15, 0.2) is 11.6 Å². The number of benzene rings is 4. The maximum atomic E-state index is 14.5. The second-order valence-electron chi connectivity index (χ2n) is 11.9. The number of amides is 1. The smallest absolute Gasteiger partial charge is 0.336 e. The van der Waals surface area contributed by atoms with Crippen LogP contribution in [0.3, 0.4) is 0 Å². The van der Waals surface area contributed by atoms with Crippen molar-refractivity contribution < 1.29 is 31.1 Å². The molecule has 0 aliphatic heterocycles. The van der Waals surface area contributed by atoms with Crippen molar-refractivity contribution in [2.45, 2.75) is 46.0 Å². The van der Waals surface area contributed by atoms with Crippen molar-refractivity contribution in [1.82, 2.24) is 19.4 Å². The summed E-state index contributed by atoms with van der Waals surface area (Å²) in [6, 6.07) is 19.4. The Morgan fingerprint density at radius 2 is 1.48 bits per heavy atom. The van der Waals surface area contributed by atoms with Crippen molar-refractivity contribution in [3.8, 4) is 11.1 Å². The van der Waals surface area contributed by atoms with E-state index in [-0.39, 0.29) is 54.1 Å².